The van der Waals surface area contributed by atoms with Crippen LogP contribution in [0.5, 0.6) is 5.75 Å². The van der Waals surface area contributed by atoms with Crippen LogP contribution in [0.15, 0.2) is 61.2 Å². The second-order valence-electron chi connectivity index (χ2n) is 6.80. The van der Waals surface area contributed by atoms with Crippen molar-refractivity contribution < 1.29 is 5.11 Å². The third-order valence-corrected chi connectivity index (χ3v) is 4.58. The minimum absolute atomic E-state index is 0.0999. The van der Waals surface area contributed by atoms with Crippen molar-refractivity contribution in [3.05, 3.63) is 77.9 Å². The van der Waals surface area contributed by atoms with Gasteiger partial charge in [0, 0.05) is 26.2 Å². The van der Waals surface area contributed by atoms with Crippen LogP contribution in [0.3, 0.4) is 0 Å². The Hall–Kier alpha value is -2.14. The van der Waals surface area contributed by atoms with Gasteiger partial charge in [-0.25, -0.2) is 0 Å². The zero-order chi connectivity index (χ0) is 18.9. The van der Waals surface area contributed by atoms with Crippen molar-refractivity contribution in [3.63, 3.8) is 0 Å². The van der Waals surface area contributed by atoms with Crippen LogP contribution in [0.2, 0.25) is 0 Å². The fourth-order valence-corrected chi connectivity index (χ4v) is 3.19. The van der Waals surface area contributed by atoms with E-state index in [1.807, 2.05) is 25.3 Å². The van der Waals surface area contributed by atoms with Crippen LogP contribution in [0, 0.1) is 0 Å². The fraction of sp³-hybridized carbons (Fsp3) is 0.364. The highest BCUT2D eigenvalue weighted by Gasteiger charge is 2.20. The molecule has 2 rings (SSSR count). The zero-order valence-corrected chi connectivity index (χ0v) is 16.2. The highest BCUT2D eigenvalue weighted by atomic mass is 16.3. The maximum absolute atomic E-state index is 9.95. The molecule has 0 saturated carbocycles. The fourth-order valence-electron chi connectivity index (χ4n) is 3.19. The lowest BCUT2D eigenvalue weighted by Gasteiger charge is -2.30. The number of rotatable bonds is 10. The molecule has 26 heavy (non-hydrogen) atoms. The SMILES string of the molecule is C=CCN(C)CCN(C)C(c1ccc(CNC)cc1)c1cccc(O)c1. The van der Waals surface area contributed by atoms with E-state index in [2.05, 4.69) is 66.1 Å². The van der Waals surface area contributed by atoms with Gasteiger partial charge in [-0.1, -0.05) is 42.5 Å². The first-order valence-electron chi connectivity index (χ1n) is 9.07. The predicted octanol–water partition coefficient (Wildman–Crippen LogP) is 3.25. The maximum atomic E-state index is 9.95. The van der Waals surface area contributed by atoms with Crippen LogP contribution in [0.1, 0.15) is 22.7 Å². The van der Waals surface area contributed by atoms with E-state index >= 15 is 0 Å². The van der Waals surface area contributed by atoms with E-state index < -0.39 is 0 Å². The Balaban J connectivity index is 2.25. The number of aromatic hydroxyl groups is 1. The average molecular weight is 354 g/mol. The molecule has 0 aliphatic heterocycles. The minimum atomic E-state index is 0.0999. The zero-order valence-electron chi connectivity index (χ0n) is 16.2. The Bertz CT molecular complexity index is 684. The Morgan fingerprint density at radius 2 is 1.81 bits per heavy atom. The molecule has 2 N–H and O–H groups in total. The summed E-state index contributed by atoms with van der Waals surface area (Å²) >= 11 is 0. The third kappa shape index (κ3) is 5.70. The summed E-state index contributed by atoms with van der Waals surface area (Å²) in [7, 11) is 6.19. The number of hydrogen-bond acceptors (Lipinski definition) is 4. The van der Waals surface area contributed by atoms with Gasteiger partial charge in [0.25, 0.3) is 0 Å². The molecular formula is C22H31N3O. The molecule has 0 fully saturated rings. The van der Waals surface area contributed by atoms with Gasteiger partial charge in [-0.2, -0.15) is 0 Å². The van der Waals surface area contributed by atoms with Gasteiger partial charge in [-0.05, 0) is 50.0 Å². The van der Waals surface area contributed by atoms with Gasteiger partial charge in [0.1, 0.15) is 5.75 Å². The molecule has 0 aliphatic carbocycles. The van der Waals surface area contributed by atoms with E-state index in [0.29, 0.717) is 5.75 Å². The predicted molar refractivity (Wildman–Crippen MR) is 109 cm³/mol. The molecule has 4 heteroatoms. The van der Waals surface area contributed by atoms with E-state index in [-0.39, 0.29) is 6.04 Å². The summed E-state index contributed by atoms with van der Waals surface area (Å²) in [4.78, 5) is 4.58. The topological polar surface area (TPSA) is 38.7 Å². The Morgan fingerprint density at radius 1 is 1.08 bits per heavy atom. The van der Waals surface area contributed by atoms with Gasteiger partial charge in [-0.3, -0.25) is 4.90 Å². The first-order valence-corrected chi connectivity index (χ1v) is 9.07. The maximum Gasteiger partial charge on any atom is 0.115 e. The smallest absolute Gasteiger partial charge is 0.115 e. The molecule has 0 amide bonds. The summed E-state index contributed by atoms with van der Waals surface area (Å²) in [6.45, 7) is 7.42. The largest absolute Gasteiger partial charge is 0.508 e. The van der Waals surface area contributed by atoms with Gasteiger partial charge in [0.05, 0.1) is 6.04 Å². The Morgan fingerprint density at radius 3 is 2.42 bits per heavy atom. The van der Waals surface area contributed by atoms with Crippen LogP contribution in [0.4, 0.5) is 0 Å². The molecule has 1 atom stereocenters. The minimum Gasteiger partial charge on any atom is -0.508 e. The van der Waals surface area contributed by atoms with Crippen molar-refractivity contribution in [1.29, 1.82) is 0 Å². The molecule has 0 heterocycles. The summed E-state index contributed by atoms with van der Waals surface area (Å²) in [5.74, 6) is 0.302. The molecule has 4 nitrogen and oxygen atoms in total. The monoisotopic (exact) mass is 353 g/mol. The first kappa shape index (κ1) is 20.2. The summed E-state index contributed by atoms with van der Waals surface area (Å²) < 4.78 is 0. The van der Waals surface area contributed by atoms with Crippen LogP contribution in [-0.2, 0) is 6.54 Å². The van der Waals surface area contributed by atoms with Crippen LogP contribution < -0.4 is 5.32 Å². The summed E-state index contributed by atoms with van der Waals surface area (Å²) in [6, 6.07) is 16.4. The second-order valence-corrected chi connectivity index (χ2v) is 6.80. The Labute approximate surface area is 157 Å². The normalized spacial score (nSPS) is 12.5. The van der Waals surface area contributed by atoms with Crippen molar-refractivity contribution in [2.75, 3.05) is 40.8 Å². The quantitative estimate of drug-likeness (QED) is 0.643. The van der Waals surface area contributed by atoms with Gasteiger partial charge in [0.15, 0.2) is 0 Å². The third-order valence-electron chi connectivity index (χ3n) is 4.58. The number of nitrogens with zero attached hydrogens (tertiary/aromatic N) is 2. The highest BCUT2D eigenvalue weighted by molar-refractivity contribution is 5.37. The number of nitrogens with one attached hydrogen (secondary N) is 1. The van der Waals surface area contributed by atoms with E-state index in [0.717, 1.165) is 31.7 Å². The summed E-state index contributed by atoms with van der Waals surface area (Å²) in [5, 5.41) is 13.1. The van der Waals surface area contributed by atoms with Crippen molar-refractivity contribution in [2.24, 2.45) is 0 Å². The van der Waals surface area contributed by atoms with Crippen molar-refractivity contribution in [3.8, 4) is 5.75 Å². The molecule has 2 aromatic rings. The van der Waals surface area contributed by atoms with Gasteiger partial charge < -0.3 is 15.3 Å². The molecule has 0 aromatic heterocycles. The molecule has 0 spiro atoms. The lowest BCUT2D eigenvalue weighted by Crippen LogP contribution is -2.34. The van der Waals surface area contributed by atoms with Gasteiger partial charge in [0.2, 0.25) is 0 Å². The van der Waals surface area contributed by atoms with Crippen molar-refractivity contribution in [2.45, 2.75) is 12.6 Å². The van der Waals surface area contributed by atoms with Crippen molar-refractivity contribution in [1.82, 2.24) is 15.1 Å². The van der Waals surface area contributed by atoms with Crippen LogP contribution in [0.25, 0.3) is 0 Å². The number of hydrogen-bond donors (Lipinski definition) is 2. The molecule has 0 radical (unpaired) electrons. The van der Waals surface area contributed by atoms with Crippen LogP contribution >= 0.6 is 0 Å². The molecule has 1 unspecified atom stereocenters. The molecular weight excluding hydrogens is 322 g/mol. The van der Waals surface area contributed by atoms with Gasteiger partial charge in [-0.15, -0.1) is 6.58 Å². The van der Waals surface area contributed by atoms with E-state index in [4.69, 9.17) is 0 Å². The Kier molecular flexibility index (Phi) is 7.85. The summed E-state index contributed by atoms with van der Waals surface area (Å²) in [5.41, 5.74) is 3.59. The number of phenols is 1. The van der Waals surface area contributed by atoms with Gasteiger partial charge >= 0.3 is 0 Å². The lowest BCUT2D eigenvalue weighted by atomic mass is 9.96. The number of likely N-dealkylation sites (N-methyl/N-ethyl adjacent to an activating group) is 2. The molecule has 2 aromatic carbocycles. The van der Waals surface area contributed by atoms with Crippen LogP contribution in [-0.4, -0.2) is 55.7 Å². The molecule has 0 aliphatic rings. The standard InChI is InChI=1S/C22H31N3O/c1-5-13-24(3)14-15-25(4)22(20-7-6-8-21(26)16-20)19-11-9-18(10-12-19)17-23-2/h5-12,16,22-23,26H,1,13-15,17H2,2-4H3. The number of benzene rings is 2. The van der Waals surface area contributed by atoms with E-state index in [1.54, 1.807) is 6.07 Å². The van der Waals surface area contributed by atoms with E-state index in [9.17, 15) is 5.11 Å². The first-order chi connectivity index (χ1) is 12.5. The second kappa shape index (κ2) is 10.1. The average Bonchev–Trinajstić information content (AvgIpc) is 2.62. The summed E-state index contributed by atoms with van der Waals surface area (Å²) in [6.07, 6.45) is 1.92. The highest BCUT2D eigenvalue weighted by Crippen LogP contribution is 2.29. The lowest BCUT2D eigenvalue weighted by molar-refractivity contribution is 0.235. The number of phenolic OH excluding ortho intramolecular Hbond substituents is 1. The molecule has 0 saturated heterocycles. The van der Waals surface area contributed by atoms with Crippen molar-refractivity contribution >= 4 is 0 Å². The van der Waals surface area contributed by atoms with E-state index in [1.165, 1.54) is 11.1 Å². The molecule has 140 valence electrons. The molecule has 0 bridgehead atoms.